The number of fused-ring (bicyclic) bond motifs is 2. The molecule has 8 nitrogen and oxygen atoms in total. The summed E-state index contributed by atoms with van der Waals surface area (Å²) in [6, 6.07) is 0. The number of ether oxygens (including phenoxy) is 4. The molecule has 0 aromatic rings. The molecule has 4 aliphatic carbocycles. The van der Waals surface area contributed by atoms with Gasteiger partial charge < -0.3 is 39.4 Å². The predicted octanol–water partition coefficient (Wildman–Crippen LogP) is 4.77. The second-order valence-corrected chi connectivity index (χ2v) is 17.2. The molecule has 8 heteroatoms. The lowest BCUT2D eigenvalue weighted by molar-refractivity contribution is -0.329. The van der Waals surface area contributed by atoms with E-state index in [0.717, 1.165) is 25.9 Å². The van der Waals surface area contributed by atoms with Gasteiger partial charge in [-0.2, -0.15) is 0 Å². The Morgan fingerprint density at radius 1 is 0.978 bits per heavy atom. The van der Waals surface area contributed by atoms with Gasteiger partial charge in [0.15, 0.2) is 6.29 Å². The highest BCUT2D eigenvalue weighted by Gasteiger charge is 2.75. The molecule has 4 N–H and O–H groups in total. The van der Waals surface area contributed by atoms with E-state index in [4.69, 9.17) is 18.9 Å². The van der Waals surface area contributed by atoms with E-state index < -0.39 is 48.3 Å². The SMILES string of the molecule is COC(C)(C)/C=C/C[C@H](C)[C@@H]1CC[C@]2(C)[C@H]3C=C[C@]45OC[C@@]3(CC[C@@]12C)[C@H]4CC[C@@H](O[C@H]1O[C@@H](CO)[C@H](O)[C@H](O)[C@@H]1O)C5(C)C. The molecule has 0 aromatic carbocycles. The largest absolute Gasteiger partial charge is 0.394 e. The standard InChI is InChI=1S/C37H60O8/c1-22(10-9-15-32(2,3)42-8)23-13-16-35(7)25-14-17-37-26(36(25,21-43-37)19-18-34(23,35)6)11-12-27(33(37,4)5)45-31-30(41)29(40)28(39)24(20-38)44-31/h9,14-15,17,22-31,38-41H,10-13,16,18-21H2,1-8H3/b15-9+/t22-,23-,24-,25+,26+,27+,28-,29-,30-,31+,34-,35+,36+,37-/m0/s1. The van der Waals surface area contributed by atoms with E-state index in [9.17, 15) is 20.4 Å². The minimum Gasteiger partial charge on any atom is -0.394 e. The van der Waals surface area contributed by atoms with Crippen LogP contribution in [0, 0.1) is 45.3 Å². The molecule has 0 amide bonds. The molecule has 2 aliphatic heterocycles. The zero-order chi connectivity index (χ0) is 32.8. The van der Waals surface area contributed by atoms with Gasteiger partial charge in [-0.15, -0.1) is 0 Å². The zero-order valence-corrected chi connectivity index (χ0v) is 28.9. The van der Waals surface area contributed by atoms with Crippen LogP contribution in [0.15, 0.2) is 24.3 Å². The molecule has 1 spiro atoms. The second kappa shape index (κ2) is 11.4. The lowest BCUT2D eigenvalue weighted by Crippen LogP contribution is -2.66. The Bertz CT molecular complexity index is 1170. The monoisotopic (exact) mass is 632 g/mol. The predicted molar refractivity (Wildman–Crippen MR) is 171 cm³/mol. The number of aliphatic hydroxyl groups is 4. The van der Waals surface area contributed by atoms with Crippen molar-refractivity contribution >= 4 is 0 Å². The molecular formula is C37H60O8. The van der Waals surface area contributed by atoms with E-state index in [1.165, 1.54) is 25.7 Å². The van der Waals surface area contributed by atoms with E-state index in [1.807, 2.05) is 0 Å². The fraction of sp³-hybridized carbons (Fsp3) is 0.892. The average molecular weight is 633 g/mol. The van der Waals surface area contributed by atoms with Crippen LogP contribution in [0.5, 0.6) is 0 Å². The van der Waals surface area contributed by atoms with E-state index in [2.05, 4.69) is 72.8 Å². The topological polar surface area (TPSA) is 118 Å². The van der Waals surface area contributed by atoms with Gasteiger partial charge in [0.25, 0.3) is 0 Å². The van der Waals surface area contributed by atoms with Crippen LogP contribution in [-0.4, -0.2) is 88.8 Å². The summed E-state index contributed by atoms with van der Waals surface area (Å²) in [6.07, 6.45) is 10.5. The highest BCUT2D eigenvalue weighted by atomic mass is 16.7. The van der Waals surface area contributed by atoms with Crippen molar-refractivity contribution in [2.75, 3.05) is 20.3 Å². The summed E-state index contributed by atoms with van der Waals surface area (Å²) >= 11 is 0. The summed E-state index contributed by atoms with van der Waals surface area (Å²) in [5.74, 6) is 2.12. The van der Waals surface area contributed by atoms with Gasteiger partial charge in [-0.25, -0.2) is 0 Å². The molecule has 14 atom stereocenters. The van der Waals surface area contributed by atoms with Gasteiger partial charge in [0.05, 0.1) is 30.5 Å². The van der Waals surface area contributed by atoms with E-state index in [0.29, 0.717) is 23.7 Å². The highest BCUT2D eigenvalue weighted by molar-refractivity contribution is 5.33. The molecule has 5 fully saturated rings. The third-order valence-electron chi connectivity index (χ3n) is 14.8. The molecule has 3 saturated carbocycles. The zero-order valence-electron chi connectivity index (χ0n) is 28.9. The van der Waals surface area contributed by atoms with Gasteiger partial charge in [0.1, 0.15) is 24.4 Å². The fourth-order valence-corrected chi connectivity index (χ4v) is 11.6. The summed E-state index contributed by atoms with van der Waals surface area (Å²) in [5.41, 5.74) is -0.609. The van der Waals surface area contributed by atoms with Crippen molar-refractivity contribution in [3.8, 4) is 0 Å². The van der Waals surface area contributed by atoms with Crippen molar-refractivity contribution in [2.45, 2.75) is 141 Å². The van der Waals surface area contributed by atoms with Crippen LogP contribution < -0.4 is 0 Å². The lowest BCUT2D eigenvalue weighted by atomic mass is 9.38. The maximum atomic E-state index is 10.7. The van der Waals surface area contributed by atoms with Crippen molar-refractivity contribution < 1.29 is 39.4 Å². The first kappa shape index (κ1) is 34.0. The Balaban J connectivity index is 1.24. The average Bonchev–Trinajstić information content (AvgIpc) is 3.39. The van der Waals surface area contributed by atoms with Gasteiger partial charge in [-0.1, -0.05) is 58.9 Å². The van der Waals surface area contributed by atoms with Crippen molar-refractivity contribution in [3.63, 3.8) is 0 Å². The van der Waals surface area contributed by atoms with Crippen LogP contribution in [0.1, 0.15) is 93.4 Å². The van der Waals surface area contributed by atoms with Crippen molar-refractivity contribution in [2.24, 2.45) is 45.3 Å². The third kappa shape index (κ3) is 4.74. The Labute approximate surface area is 270 Å². The van der Waals surface area contributed by atoms with Crippen LogP contribution >= 0.6 is 0 Å². The van der Waals surface area contributed by atoms with Gasteiger partial charge in [0.2, 0.25) is 0 Å². The van der Waals surface area contributed by atoms with E-state index in [-0.39, 0.29) is 27.9 Å². The number of hydrogen-bond acceptors (Lipinski definition) is 8. The first-order valence-corrected chi connectivity index (χ1v) is 17.6. The number of aliphatic hydroxyl groups excluding tert-OH is 4. The summed E-state index contributed by atoms with van der Waals surface area (Å²) in [7, 11) is 1.77. The van der Waals surface area contributed by atoms with Crippen LogP contribution in [0.2, 0.25) is 0 Å². The summed E-state index contributed by atoms with van der Waals surface area (Å²) in [4.78, 5) is 0. The van der Waals surface area contributed by atoms with Gasteiger partial charge >= 0.3 is 0 Å². The molecule has 0 aromatic heterocycles. The fourth-order valence-electron chi connectivity index (χ4n) is 11.6. The maximum Gasteiger partial charge on any atom is 0.186 e. The number of allylic oxidation sites excluding steroid dienone is 2. The molecule has 0 radical (unpaired) electrons. The van der Waals surface area contributed by atoms with Crippen LogP contribution in [-0.2, 0) is 18.9 Å². The Hall–Kier alpha value is -0.840. The minimum atomic E-state index is -1.46. The lowest BCUT2D eigenvalue weighted by Gasteiger charge is -2.65. The molecule has 256 valence electrons. The summed E-state index contributed by atoms with van der Waals surface area (Å²) in [6.45, 7) is 16.6. The smallest absolute Gasteiger partial charge is 0.186 e. The van der Waals surface area contributed by atoms with Crippen molar-refractivity contribution in [1.29, 1.82) is 0 Å². The van der Waals surface area contributed by atoms with E-state index in [1.54, 1.807) is 7.11 Å². The quantitative estimate of drug-likeness (QED) is 0.283. The van der Waals surface area contributed by atoms with Crippen LogP contribution in [0.25, 0.3) is 0 Å². The third-order valence-corrected chi connectivity index (χ3v) is 14.8. The normalized spacial score (nSPS) is 51.2. The van der Waals surface area contributed by atoms with Crippen LogP contribution in [0.3, 0.4) is 0 Å². The Kier molecular flexibility index (Phi) is 8.60. The van der Waals surface area contributed by atoms with Crippen molar-refractivity contribution in [1.82, 2.24) is 0 Å². The van der Waals surface area contributed by atoms with E-state index >= 15 is 0 Å². The molecule has 2 saturated heterocycles. The molecule has 6 aliphatic rings. The maximum absolute atomic E-state index is 10.7. The second-order valence-electron chi connectivity index (χ2n) is 17.2. The molecular weight excluding hydrogens is 572 g/mol. The minimum absolute atomic E-state index is 0.0922. The van der Waals surface area contributed by atoms with Crippen LogP contribution in [0.4, 0.5) is 0 Å². The summed E-state index contributed by atoms with van der Waals surface area (Å²) in [5, 5.41) is 41.1. The Morgan fingerprint density at radius 3 is 2.40 bits per heavy atom. The summed E-state index contributed by atoms with van der Waals surface area (Å²) < 4.78 is 24.9. The highest BCUT2D eigenvalue weighted by Crippen LogP contribution is 2.77. The number of hydrogen-bond donors (Lipinski definition) is 4. The Morgan fingerprint density at radius 2 is 1.71 bits per heavy atom. The van der Waals surface area contributed by atoms with Gasteiger partial charge in [0, 0.05) is 23.9 Å². The molecule has 2 bridgehead atoms. The number of rotatable bonds is 8. The number of methoxy groups -OCH3 is 1. The van der Waals surface area contributed by atoms with Gasteiger partial charge in [-0.3, -0.25) is 0 Å². The molecule has 45 heavy (non-hydrogen) atoms. The van der Waals surface area contributed by atoms with Gasteiger partial charge in [-0.05, 0) is 87.4 Å². The molecule has 0 unspecified atom stereocenters. The molecule has 6 rings (SSSR count). The first-order valence-electron chi connectivity index (χ1n) is 17.6. The first-order chi connectivity index (χ1) is 21.0. The van der Waals surface area contributed by atoms with Crippen molar-refractivity contribution in [3.05, 3.63) is 24.3 Å². The molecule has 2 heterocycles.